The first-order valence-corrected chi connectivity index (χ1v) is 7.67. The highest BCUT2D eigenvalue weighted by atomic mass is 16.5. The van der Waals surface area contributed by atoms with E-state index in [9.17, 15) is 0 Å². The zero-order valence-electron chi connectivity index (χ0n) is 14.0. The summed E-state index contributed by atoms with van der Waals surface area (Å²) in [5, 5.41) is 3.66. The Kier molecular flexibility index (Phi) is 6.22. The van der Waals surface area contributed by atoms with E-state index < -0.39 is 0 Å². The molecular formula is C18H31NO. The van der Waals surface area contributed by atoms with Gasteiger partial charge >= 0.3 is 0 Å². The van der Waals surface area contributed by atoms with E-state index in [1.54, 1.807) is 7.11 Å². The van der Waals surface area contributed by atoms with Crippen LogP contribution in [0.4, 0.5) is 0 Å². The van der Waals surface area contributed by atoms with E-state index in [4.69, 9.17) is 4.74 Å². The molecule has 0 aliphatic heterocycles. The minimum absolute atomic E-state index is 0.0551. The number of ether oxygens (including phenoxy) is 1. The van der Waals surface area contributed by atoms with E-state index in [1.807, 2.05) is 0 Å². The van der Waals surface area contributed by atoms with Gasteiger partial charge in [0.1, 0.15) is 0 Å². The number of hydrogen-bond acceptors (Lipinski definition) is 2. The molecule has 0 fully saturated rings. The fourth-order valence-electron chi connectivity index (χ4n) is 2.63. The topological polar surface area (TPSA) is 21.3 Å². The second-order valence-electron chi connectivity index (χ2n) is 6.70. The van der Waals surface area contributed by atoms with Crippen molar-refractivity contribution >= 4 is 0 Å². The molecule has 0 aliphatic carbocycles. The van der Waals surface area contributed by atoms with Crippen molar-refractivity contribution in [2.75, 3.05) is 13.7 Å². The molecule has 0 aromatic heterocycles. The normalized spacial score (nSPS) is 14.3. The summed E-state index contributed by atoms with van der Waals surface area (Å²) >= 11 is 0. The van der Waals surface area contributed by atoms with Crippen LogP contribution in [-0.2, 0) is 10.2 Å². The van der Waals surface area contributed by atoms with Gasteiger partial charge in [-0.15, -0.1) is 0 Å². The average molecular weight is 277 g/mol. The predicted molar refractivity (Wildman–Crippen MR) is 87.3 cm³/mol. The molecule has 1 atom stereocenters. The summed E-state index contributed by atoms with van der Waals surface area (Å²) in [6.07, 6.45) is 2.16. The molecule has 20 heavy (non-hydrogen) atoms. The number of hydrogen-bond donors (Lipinski definition) is 1. The van der Waals surface area contributed by atoms with Gasteiger partial charge in [0, 0.05) is 18.6 Å². The third-order valence-electron chi connectivity index (χ3n) is 4.43. The van der Waals surface area contributed by atoms with E-state index in [0.29, 0.717) is 6.04 Å². The van der Waals surface area contributed by atoms with Crippen LogP contribution < -0.4 is 5.32 Å². The molecule has 2 heteroatoms. The van der Waals surface area contributed by atoms with Gasteiger partial charge in [-0.3, -0.25) is 0 Å². The Hall–Kier alpha value is -0.860. The second-order valence-corrected chi connectivity index (χ2v) is 6.70. The first kappa shape index (κ1) is 17.2. The van der Waals surface area contributed by atoms with Crippen molar-refractivity contribution < 1.29 is 4.74 Å². The zero-order chi connectivity index (χ0) is 15.2. The zero-order valence-corrected chi connectivity index (χ0v) is 14.0. The summed E-state index contributed by atoms with van der Waals surface area (Å²) in [7, 11) is 1.80. The summed E-state index contributed by atoms with van der Waals surface area (Å²) in [6, 6.07) is 11.2. The average Bonchev–Trinajstić information content (AvgIpc) is 2.44. The van der Waals surface area contributed by atoms with Crippen LogP contribution in [0.25, 0.3) is 0 Å². The van der Waals surface area contributed by atoms with Gasteiger partial charge in [0.25, 0.3) is 0 Å². The molecule has 0 radical (unpaired) electrons. The maximum absolute atomic E-state index is 5.56. The van der Waals surface area contributed by atoms with Gasteiger partial charge in [0.05, 0.1) is 5.60 Å². The van der Waals surface area contributed by atoms with Crippen molar-refractivity contribution in [2.45, 2.75) is 64.5 Å². The van der Waals surface area contributed by atoms with E-state index in [0.717, 1.165) is 19.4 Å². The van der Waals surface area contributed by atoms with Crippen molar-refractivity contribution in [3.05, 3.63) is 35.9 Å². The molecular weight excluding hydrogens is 246 g/mol. The highest BCUT2D eigenvalue weighted by molar-refractivity contribution is 5.25. The Labute approximate surface area is 124 Å². The highest BCUT2D eigenvalue weighted by Crippen LogP contribution is 2.31. The van der Waals surface area contributed by atoms with Crippen molar-refractivity contribution in [3.63, 3.8) is 0 Å². The van der Waals surface area contributed by atoms with Crippen molar-refractivity contribution in [3.8, 4) is 0 Å². The third kappa shape index (κ3) is 4.60. The number of benzene rings is 1. The summed E-state index contributed by atoms with van der Waals surface area (Å²) in [4.78, 5) is 0. The maximum Gasteiger partial charge on any atom is 0.0623 e. The fraction of sp³-hybridized carbons (Fsp3) is 0.667. The van der Waals surface area contributed by atoms with Gasteiger partial charge < -0.3 is 10.1 Å². The summed E-state index contributed by atoms with van der Waals surface area (Å²) in [5.41, 5.74) is 1.45. The summed E-state index contributed by atoms with van der Waals surface area (Å²) in [6.45, 7) is 12.1. The lowest BCUT2D eigenvalue weighted by Gasteiger charge is -2.37. The quantitative estimate of drug-likeness (QED) is 0.771. The van der Waals surface area contributed by atoms with Crippen LogP contribution in [0, 0.1) is 0 Å². The number of nitrogens with one attached hydrogen (secondary N) is 1. The van der Waals surface area contributed by atoms with Gasteiger partial charge in [-0.25, -0.2) is 0 Å². The predicted octanol–water partition coefficient (Wildman–Crippen LogP) is 4.15. The molecule has 0 amide bonds. The molecule has 2 nitrogen and oxygen atoms in total. The highest BCUT2D eigenvalue weighted by Gasteiger charge is 2.32. The maximum atomic E-state index is 5.56. The first-order valence-electron chi connectivity index (χ1n) is 7.67. The van der Waals surface area contributed by atoms with E-state index in [-0.39, 0.29) is 11.0 Å². The van der Waals surface area contributed by atoms with Crippen LogP contribution in [0.1, 0.15) is 53.0 Å². The van der Waals surface area contributed by atoms with Crippen LogP contribution in [0.3, 0.4) is 0 Å². The standard InChI is InChI=1S/C18H31NO/c1-7-19-16(13-14-17(2,3)20-6)18(4,5)15-11-9-8-10-12-15/h8-12,16,19H,7,13-14H2,1-6H3. The Bertz CT molecular complexity index is 384. The molecule has 0 saturated carbocycles. The van der Waals surface area contributed by atoms with Crippen LogP contribution >= 0.6 is 0 Å². The molecule has 114 valence electrons. The molecule has 0 saturated heterocycles. The monoisotopic (exact) mass is 277 g/mol. The molecule has 0 bridgehead atoms. The summed E-state index contributed by atoms with van der Waals surface area (Å²) in [5.74, 6) is 0. The molecule has 0 spiro atoms. The Balaban J connectivity index is 2.84. The van der Waals surface area contributed by atoms with Crippen molar-refractivity contribution in [1.29, 1.82) is 0 Å². The van der Waals surface area contributed by atoms with Crippen molar-refractivity contribution in [2.24, 2.45) is 0 Å². The number of likely N-dealkylation sites (N-methyl/N-ethyl adjacent to an activating group) is 1. The van der Waals surface area contributed by atoms with Gasteiger partial charge in [0.15, 0.2) is 0 Å². The molecule has 1 aromatic rings. The Morgan fingerprint density at radius 3 is 2.20 bits per heavy atom. The van der Waals surface area contributed by atoms with E-state index in [2.05, 4.69) is 70.3 Å². The van der Waals surface area contributed by atoms with Crippen molar-refractivity contribution in [1.82, 2.24) is 5.32 Å². The smallest absolute Gasteiger partial charge is 0.0623 e. The van der Waals surface area contributed by atoms with Crippen LogP contribution in [0.2, 0.25) is 0 Å². The molecule has 0 heterocycles. The lowest BCUT2D eigenvalue weighted by molar-refractivity contribution is 0.00995. The van der Waals surface area contributed by atoms with E-state index in [1.165, 1.54) is 5.56 Å². The van der Waals surface area contributed by atoms with Crippen LogP contribution in [0.5, 0.6) is 0 Å². The third-order valence-corrected chi connectivity index (χ3v) is 4.43. The molecule has 1 N–H and O–H groups in total. The Morgan fingerprint density at radius 1 is 1.10 bits per heavy atom. The molecule has 0 aliphatic rings. The van der Waals surface area contributed by atoms with Gasteiger partial charge in [-0.2, -0.15) is 0 Å². The molecule has 1 unspecified atom stereocenters. The lowest BCUT2D eigenvalue weighted by Crippen LogP contribution is -2.45. The first-order chi connectivity index (χ1) is 9.33. The second kappa shape index (κ2) is 7.24. The van der Waals surface area contributed by atoms with Gasteiger partial charge in [-0.1, -0.05) is 51.1 Å². The number of methoxy groups -OCH3 is 1. The lowest BCUT2D eigenvalue weighted by atomic mass is 9.75. The van der Waals surface area contributed by atoms with Gasteiger partial charge in [0.2, 0.25) is 0 Å². The molecule has 1 aromatic carbocycles. The SMILES string of the molecule is CCNC(CCC(C)(C)OC)C(C)(C)c1ccccc1. The fourth-order valence-corrected chi connectivity index (χ4v) is 2.63. The van der Waals surface area contributed by atoms with Crippen LogP contribution in [-0.4, -0.2) is 25.3 Å². The summed E-state index contributed by atoms with van der Waals surface area (Å²) < 4.78 is 5.56. The minimum atomic E-state index is -0.0551. The Morgan fingerprint density at radius 2 is 1.70 bits per heavy atom. The molecule has 1 rings (SSSR count). The van der Waals surface area contributed by atoms with Crippen LogP contribution in [0.15, 0.2) is 30.3 Å². The largest absolute Gasteiger partial charge is 0.379 e. The number of rotatable bonds is 8. The minimum Gasteiger partial charge on any atom is -0.379 e. The van der Waals surface area contributed by atoms with Gasteiger partial charge in [-0.05, 0) is 38.8 Å². The van der Waals surface area contributed by atoms with E-state index >= 15 is 0 Å².